The Bertz CT molecular complexity index is 611. The number of methoxy groups -OCH3 is 1. The Morgan fingerprint density at radius 3 is 2.84 bits per heavy atom. The minimum absolute atomic E-state index is 0.0741. The zero-order chi connectivity index (χ0) is 13.8. The Kier molecular flexibility index (Phi) is 3.66. The molecule has 0 aliphatic heterocycles. The molecule has 0 unspecified atom stereocenters. The van der Waals surface area contributed by atoms with Gasteiger partial charge in [-0.05, 0) is 36.8 Å². The molecule has 0 spiro atoms. The maximum absolute atomic E-state index is 12.0. The number of hydrogen-bond donors (Lipinski definition) is 2. The van der Waals surface area contributed by atoms with Crippen molar-refractivity contribution in [3.05, 3.63) is 47.7 Å². The van der Waals surface area contributed by atoms with Gasteiger partial charge in [0.15, 0.2) is 11.6 Å². The van der Waals surface area contributed by atoms with Crippen LogP contribution in [0.15, 0.2) is 36.5 Å². The van der Waals surface area contributed by atoms with Crippen LogP contribution in [0.25, 0.3) is 0 Å². The van der Waals surface area contributed by atoms with Crippen LogP contribution in [0.2, 0.25) is 0 Å². The predicted octanol–water partition coefficient (Wildman–Crippen LogP) is 2.36. The van der Waals surface area contributed by atoms with Crippen molar-refractivity contribution in [1.29, 1.82) is 0 Å². The average molecular weight is 258 g/mol. The van der Waals surface area contributed by atoms with Gasteiger partial charge in [0.1, 0.15) is 5.75 Å². The molecular weight excluding hydrogens is 244 g/mol. The molecule has 2 aromatic rings. The monoisotopic (exact) mass is 258 g/mol. The van der Waals surface area contributed by atoms with Crippen LogP contribution < -0.4 is 10.1 Å². The fourth-order valence-electron chi connectivity index (χ4n) is 1.63. The van der Waals surface area contributed by atoms with Gasteiger partial charge < -0.3 is 15.2 Å². The first-order valence-electron chi connectivity index (χ1n) is 5.72. The standard InChI is InChI=1S/C14H14N2O3/c1-9-5-6-10(8-12(9)19-2)14(18)16-13-11(17)4-3-7-15-13/h3-8,17H,1-2H3,(H,15,16,18). The van der Waals surface area contributed by atoms with Crippen molar-refractivity contribution in [2.75, 3.05) is 12.4 Å². The third kappa shape index (κ3) is 2.82. The summed E-state index contributed by atoms with van der Waals surface area (Å²) in [5.74, 6) is 0.340. The lowest BCUT2D eigenvalue weighted by Crippen LogP contribution is -2.13. The van der Waals surface area contributed by atoms with Crippen molar-refractivity contribution < 1.29 is 14.6 Å². The highest BCUT2D eigenvalue weighted by molar-refractivity contribution is 6.04. The van der Waals surface area contributed by atoms with Gasteiger partial charge in [-0.15, -0.1) is 0 Å². The number of anilines is 1. The molecule has 1 amide bonds. The minimum Gasteiger partial charge on any atom is -0.504 e. The predicted molar refractivity (Wildman–Crippen MR) is 71.6 cm³/mol. The molecule has 5 nitrogen and oxygen atoms in total. The third-order valence-corrected chi connectivity index (χ3v) is 2.69. The van der Waals surface area contributed by atoms with Crippen LogP contribution in [0.5, 0.6) is 11.5 Å². The van der Waals surface area contributed by atoms with Crippen LogP contribution in [0.1, 0.15) is 15.9 Å². The van der Waals surface area contributed by atoms with E-state index < -0.39 is 0 Å². The smallest absolute Gasteiger partial charge is 0.257 e. The first kappa shape index (κ1) is 12.9. The van der Waals surface area contributed by atoms with E-state index in [0.717, 1.165) is 5.56 Å². The Morgan fingerprint density at radius 2 is 2.16 bits per heavy atom. The average Bonchev–Trinajstić information content (AvgIpc) is 2.42. The highest BCUT2D eigenvalue weighted by Crippen LogP contribution is 2.22. The summed E-state index contributed by atoms with van der Waals surface area (Å²) in [6.07, 6.45) is 1.49. The minimum atomic E-state index is -0.354. The molecule has 2 rings (SSSR count). The molecule has 2 N–H and O–H groups in total. The van der Waals surface area contributed by atoms with Gasteiger partial charge in [-0.1, -0.05) is 6.07 Å². The molecule has 0 saturated carbocycles. The number of nitrogens with zero attached hydrogens (tertiary/aromatic N) is 1. The SMILES string of the molecule is COc1cc(C(=O)Nc2ncccc2O)ccc1C. The molecule has 1 aromatic carbocycles. The summed E-state index contributed by atoms with van der Waals surface area (Å²) < 4.78 is 5.16. The maximum Gasteiger partial charge on any atom is 0.257 e. The van der Waals surface area contributed by atoms with Gasteiger partial charge >= 0.3 is 0 Å². The second kappa shape index (κ2) is 5.39. The first-order chi connectivity index (χ1) is 9.11. The number of benzene rings is 1. The molecule has 0 atom stereocenters. The second-order valence-corrected chi connectivity index (χ2v) is 4.01. The molecule has 0 bridgehead atoms. The molecule has 1 aromatic heterocycles. The van der Waals surface area contributed by atoms with Crippen LogP contribution >= 0.6 is 0 Å². The van der Waals surface area contributed by atoms with Crippen molar-refractivity contribution in [2.24, 2.45) is 0 Å². The normalized spacial score (nSPS) is 10.0. The van der Waals surface area contributed by atoms with Crippen LogP contribution in [0, 0.1) is 6.92 Å². The topological polar surface area (TPSA) is 71.5 Å². The van der Waals surface area contributed by atoms with Crippen molar-refractivity contribution in [3.8, 4) is 11.5 Å². The summed E-state index contributed by atoms with van der Waals surface area (Å²) in [7, 11) is 1.55. The maximum atomic E-state index is 12.0. The van der Waals surface area contributed by atoms with E-state index in [1.54, 1.807) is 31.4 Å². The van der Waals surface area contributed by atoms with E-state index in [-0.39, 0.29) is 17.5 Å². The lowest BCUT2D eigenvalue weighted by molar-refractivity contribution is 0.102. The van der Waals surface area contributed by atoms with E-state index in [1.807, 2.05) is 6.92 Å². The van der Waals surface area contributed by atoms with Crippen LogP contribution in [0.4, 0.5) is 5.82 Å². The second-order valence-electron chi connectivity index (χ2n) is 4.01. The van der Waals surface area contributed by atoms with Gasteiger partial charge in [-0.2, -0.15) is 0 Å². The number of aromatic hydroxyl groups is 1. The zero-order valence-electron chi connectivity index (χ0n) is 10.7. The van der Waals surface area contributed by atoms with Crippen LogP contribution in [-0.2, 0) is 0 Å². The van der Waals surface area contributed by atoms with Gasteiger partial charge in [0, 0.05) is 11.8 Å². The number of hydrogen-bond acceptors (Lipinski definition) is 4. The number of aryl methyl sites for hydroxylation is 1. The number of amides is 1. The quantitative estimate of drug-likeness (QED) is 0.886. The van der Waals surface area contributed by atoms with Gasteiger partial charge in [0.2, 0.25) is 0 Å². The Morgan fingerprint density at radius 1 is 1.37 bits per heavy atom. The molecule has 98 valence electrons. The summed E-state index contributed by atoms with van der Waals surface area (Å²) in [5, 5.41) is 12.1. The molecule has 0 radical (unpaired) electrons. The summed E-state index contributed by atoms with van der Waals surface area (Å²) in [6, 6.07) is 8.17. The van der Waals surface area contributed by atoms with Gasteiger partial charge in [0.25, 0.3) is 5.91 Å². The number of ether oxygens (including phenoxy) is 1. The number of rotatable bonds is 3. The largest absolute Gasteiger partial charge is 0.504 e. The number of nitrogens with one attached hydrogen (secondary N) is 1. The zero-order valence-corrected chi connectivity index (χ0v) is 10.7. The number of carbonyl (C=O) groups excluding carboxylic acids is 1. The fourth-order valence-corrected chi connectivity index (χ4v) is 1.63. The third-order valence-electron chi connectivity index (χ3n) is 2.69. The first-order valence-corrected chi connectivity index (χ1v) is 5.72. The van der Waals surface area contributed by atoms with Crippen LogP contribution in [0.3, 0.4) is 0 Å². The number of pyridine rings is 1. The molecule has 0 fully saturated rings. The highest BCUT2D eigenvalue weighted by Gasteiger charge is 2.11. The lowest BCUT2D eigenvalue weighted by atomic mass is 10.1. The molecule has 19 heavy (non-hydrogen) atoms. The van der Waals surface area contributed by atoms with Crippen molar-refractivity contribution in [3.63, 3.8) is 0 Å². The Balaban J connectivity index is 2.23. The van der Waals surface area contributed by atoms with Crippen LogP contribution in [-0.4, -0.2) is 23.1 Å². The van der Waals surface area contributed by atoms with E-state index >= 15 is 0 Å². The summed E-state index contributed by atoms with van der Waals surface area (Å²) >= 11 is 0. The summed E-state index contributed by atoms with van der Waals surface area (Å²) in [6.45, 7) is 1.89. The number of carbonyl (C=O) groups is 1. The van der Waals surface area contributed by atoms with E-state index in [9.17, 15) is 9.90 Å². The Labute approximate surface area is 110 Å². The lowest BCUT2D eigenvalue weighted by Gasteiger charge is -2.08. The molecule has 0 aliphatic carbocycles. The summed E-state index contributed by atoms with van der Waals surface area (Å²) in [5.41, 5.74) is 1.38. The highest BCUT2D eigenvalue weighted by atomic mass is 16.5. The number of aromatic nitrogens is 1. The molecular formula is C14H14N2O3. The van der Waals surface area contributed by atoms with Gasteiger partial charge in [0.05, 0.1) is 7.11 Å². The van der Waals surface area contributed by atoms with E-state index in [2.05, 4.69) is 10.3 Å². The van der Waals surface area contributed by atoms with E-state index in [4.69, 9.17) is 4.74 Å². The molecule has 1 heterocycles. The Hall–Kier alpha value is -2.56. The van der Waals surface area contributed by atoms with Gasteiger partial charge in [-0.3, -0.25) is 4.79 Å². The molecule has 0 saturated heterocycles. The molecule has 5 heteroatoms. The molecule has 0 aliphatic rings. The van der Waals surface area contributed by atoms with Crippen molar-refractivity contribution in [2.45, 2.75) is 6.92 Å². The van der Waals surface area contributed by atoms with Gasteiger partial charge in [-0.25, -0.2) is 4.98 Å². The van der Waals surface area contributed by atoms with E-state index in [0.29, 0.717) is 11.3 Å². The van der Waals surface area contributed by atoms with E-state index in [1.165, 1.54) is 12.3 Å². The van der Waals surface area contributed by atoms with Crippen molar-refractivity contribution in [1.82, 2.24) is 4.98 Å². The summed E-state index contributed by atoms with van der Waals surface area (Å²) in [4.78, 5) is 15.9. The fraction of sp³-hybridized carbons (Fsp3) is 0.143. The van der Waals surface area contributed by atoms with Crippen molar-refractivity contribution >= 4 is 11.7 Å².